The number of unbranched alkanes of at least 4 members (excludes halogenated alkanes) is 1. The van der Waals surface area contributed by atoms with Gasteiger partial charge < -0.3 is 26.8 Å². The molecule has 3 aromatic rings. The number of carbonyl (C=O) groups is 4. The van der Waals surface area contributed by atoms with Crippen LogP contribution in [0.15, 0.2) is 66.7 Å². The van der Waals surface area contributed by atoms with Crippen LogP contribution in [0.2, 0.25) is 0 Å². The van der Waals surface area contributed by atoms with Crippen LogP contribution >= 0.6 is 0 Å². The lowest BCUT2D eigenvalue weighted by atomic mass is 9.72. The third kappa shape index (κ3) is 9.86. The number of aliphatic hydroxyl groups excluding tert-OH is 1. The van der Waals surface area contributed by atoms with E-state index in [9.17, 15) is 24.3 Å². The Morgan fingerprint density at radius 3 is 2.45 bits per heavy atom. The summed E-state index contributed by atoms with van der Waals surface area (Å²) in [6.07, 6.45) is 6.14. The summed E-state index contributed by atoms with van der Waals surface area (Å²) in [6, 6.07) is 18.0. The van der Waals surface area contributed by atoms with Gasteiger partial charge in [0.1, 0.15) is 18.0 Å². The van der Waals surface area contributed by atoms with Gasteiger partial charge in [-0.3, -0.25) is 24.1 Å². The van der Waals surface area contributed by atoms with Gasteiger partial charge in [0.2, 0.25) is 17.7 Å². The quantitative estimate of drug-likeness (QED) is 0.155. The zero-order valence-electron chi connectivity index (χ0n) is 28.4. The Morgan fingerprint density at radius 2 is 1.69 bits per heavy atom. The van der Waals surface area contributed by atoms with Crippen LogP contribution in [-0.2, 0) is 20.8 Å². The molecule has 6 N–H and O–H groups in total. The van der Waals surface area contributed by atoms with Gasteiger partial charge in [0.15, 0.2) is 0 Å². The lowest BCUT2D eigenvalue weighted by molar-refractivity contribution is -0.141. The molecule has 6 atom stereocenters. The number of para-hydroxylation sites is 1. The lowest BCUT2D eigenvalue weighted by Gasteiger charge is -2.47. The summed E-state index contributed by atoms with van der Waals surface area (Å²) in [6.45, 7) is 3.29. The first-order valence-electron chi connectivity index (χ1n) is 17.7. The molecule has 2 heterocycles. The first-order chi connectivity index (χ1) is 23.7. The Morgan fingerprint density at radius 1 is 0.959 bits per heavy atom. The van der Waals surface area contributed by atoms with Crippen molar-refractivity contribution < 1.29 is 24.3 Å². The second-order valence-electron chi connectivity index (χ2n) is 13.6. The maximum absolute atomic E-state index is 13.8. The molecule has 49 heavy (non-hydrogen) atoms. The number of aromatic nitrogens is 1. The second kappa shape index (κ2) is 17.3. The topological polar surface area (TPSA) is 167 Å². The molecule has 0 bridgehead atoms. The molecule has 1 saturated carbocycles. The normalized spacial score (nSPS) is 21.1. The van der Waals surface area contributed by atoms with Crippen molar-refractivity contribution in [2.24, 2.45) is 17.6 Å². The summed E-state index contributed by atoms with van der Waals surface area (Å²) in [5.74, 6) is -1.16. The molecule has 5 rings (SSSR count). The number of likely N-dealkylation sites (tertiary alicyclic amines) is 1. The maximum Gasteiger partial charge on any atom is 0.270 e. The Labute approximate surface area is 288 Å². The van der Waals surface area contributed by atoms with Gasteiger partial charge in [0, 0.05) is 30.9 Å². The Kier molecular flexibility index (Phi) is 12.7. The first kappa shape index (κ1) is 35.9. The minimum absolute atomic E-state index is 0.0632. The van der Waals surface area contributed by atoms with E-state index in [4.69, 9.17) is 5.73 Å². The van der Waals surface area contributed by atoms with E-state index in [1.807, 2.05) is 53.4 Å². The standard InChI is InChI=1S/C38H50N6O5/c1-2-3-19-40-38(49)33-21-27-14-7-8-15-28(27)24-44(33)35(46)22-29(20-25-11-5-4-6-12-25)41-37(48)32(23-34(39)45)43-36(47)31-18-17-26-13-9-10-16-30(26)42-31/h4-6,9-13,16-18,27-29,32-33,35,46H,2-3,7-8,14-15,19-24H2,1H3,(H2,39,45)(H,40,49)(H,41,48)(H,43,47)/t27-,28+,29-,32-,33-,35+/m0/s1. The van der Waals surface area contributed by atoms with Gasteiger partial charge in [-0.15, -0.1) is 0 Å². The van der Waals surface area contributed by atoms with Crippen molar-refractivity contribution in [2.45, 2.75) is 95.5 Å². The highest BCUT2D eigenvalue weighted by Crippen LogP contribution is 2.39. The molecular formula is C38H50N6O5. The predicted octanol–water partition coefficient (Wildman–Crippen LogP) is 3.44. The molecule has 0 spiro atoms. The summed E-state index contributed by atoms with van der Waals surface area (Å²) in [4.78, 5) is 59.0. The molecule has 1 aliphatic heterocycles. The fourth-order valence-corrected chi connectivity index (χ4v) is 7.37. The van der Waals surface area contributed by atoms with Crippen molar-refractivity contribution in [3.8, 4) is 0 Å². The summed E-state index contributed by atoms with van der Waals surface area (Å²) in [5, 5.41) is 21.4. The number of hydrogen-bond acceptors (Lipinski definition) is 7. The number of hydrogen-bond donors (Lipinski definition) is 5. The van der Waals surface area contributed by atoms with Crippen LogP contribution in [-0.4, -0.2) is 76.1 Å². The summed E-state index contributed by atoms with van der Waals surface area (Å²) >= 11 is 0. The third-order valence-corrected chi connectivity index (χ3v) is 9.98. The number of carbonyl (C=O) groups excluding carboxylic acids is 4. The highest BCUT2D eigenvalue weighted by atomic mass is 16.3. The molecule has 11 heteroatoms. The molecule has 2 aromatic carbocycles. The van der Waals surface area contributed by atoms with Crippen LogP contribution < -0.4 is 21.7 Å². The second-order valence-corrected chi connectivity index (χ2v) is 13.6. The number of fused-ring (bicyclic) bond motifs is 2. The summed E-state index contributed by atoms with van der Waals surface area (Å²) < 4.78 is 0. The van der Waals surface area contributed by atoms with Crippen LogP contribution in [0, 0.1) is 11.8 Å². The van der Waals surface area contributed by atoms with E-state index in [2.05, 4.69) is 27.9 Å². The monoisotopic (exact) mass is 670 g/mol. The number of nitrogens with one attached hydrogen (secondary N) is 3. The minimum Gasteiger partial charge on any atom is -0.378 e. The Balaban J connectivity index is 1.33. The van der Waals surface area contributed by atoms with E-state index in [-0.39, 0.29) is 18.0 Å². The largest absolute Gasteiger partial charge is 0.378 e. The SMILES string of the molecule is CCCCNC(=O)[C@@H]1C[C@@H]2CCCC[C@@H]2CN1[C@H](O)C[C@H](Cc1ccccc1)NC(=O)[C@H](CC(N)=O)NC(=O)c1ccc2ccccc2n1. The van der Waals surface area contributed by atoms with E-state index in [1.54, 1.807) is 18.2 Å². The highest BCUT2D eigenvalue weighted by molar-refractivity contribution is 5.99. The Bertz CT molecular complexity index is 1590. The number of nitrogens with two attached hydrogens (primary N) is 1. The van der Waals surface area contributed by atoms with Crippen molar-refractivity contribution in [2.75, 3.05) is 13.1 Å². The number of nitrogens with zero attached hydrogens (tertiary/aromatic N) is 2. The smallest absolute Gasteiger partial charge is 0.270 e. The van der Waals surface area contributed by atoms with Gasteiger partial charge in [-0.25, -0.2) is 4.98 Å². The maximum atomic E-state index is 13.8. The number of rotatable bonds is 15. The van der Waals surface area contributed by atoms with Crippen molar-refractivity contribution in [3.63, 3.8) is 0 Å². The summed E-state index contributed by atoms with van der Waals surface area (Å²) in [5.41, 5.74) is 7.19. The molecule has 0 unspecified atom stereocenters. The predicted molar refractivity (Wildman–Crippen MR) is 188 cm³/mol. The number of pyridine rings is 1. The van der Waals surface area contributed by atoms with E-state index >= 15 is 0 Å². The molecule has 11 nitrogen and oxygen atoms in total. The molecule has 2 fully saturated rings. The van der Waals surface area contributed by atoms with Gasteiger partial charge in [0.05, 0.1) is 18.0 Å². The molecule has 262 valence electrons. The van der Waals surface area contributed by atoms with E-state index < -0.39 is 48.5 Å². The van der Waals surface area contributed by atoms with Gasteiger partial charge in [-0.05, 0) is 55.2 Å². The minimum atomic E-state index is -1.26. The van der Waals surface area contributed by atoms with Crippen LogP contribution in [0.5, 0.6) is 0 Å². The van der Waals surface area contributed by atoms with E-state index in [1.165, 1.54) is 6.42 Å². The van der Waals surface area contributed by atoms with E-state index in [0.29, 0.717) is 43.3 Å². The molecule has 0 radical (unpaired) electrons. The number of primary amides is 1. The molecule has 1 aliphatic carbocycles. The fraction of sp³-hybridized carbons (Fsp3) is 0.500. The number of benzene rings is 2. The molecule has 1 aromatic heterocycles. The van der Waals surface area contributed by atoms with Gasteiger partial charge in [-0.1, -0.05) is 87.2 Å². The molecular weight excluding hydrogens is 620 g/mol. The molecule has 4 amide bonds. The molecule has 1 saturated heterocycles. The van der Waals surface area contributed by atoms with Crippen LogP contribution in [0.3, 0.4) is 0 Å². The van der Waals surface area contributed by atoms with Crippen molar-refractivity contribution in [3.05, 3.63) is 78.0 Å². The first-order valence-corrected chi connectivity index (χ1v) is 17.7. The van der Waals surface area contributed by atoms with Crippen LogP contribution in [0.1, 0.15) is 80.8 Å². The number of amides is 4. The number of aliphatic hydroxyl groups is 1. The Hall–Kier alpha value is -4.35. The van der Waals surface area contributed by atoms with Crippen molar-refractivity contribution in [1.82, 2.24) is 25.8 Å². The highest BCUT2D eigenvalue weighted by Gasteiger charge is 2.42. The number of piperidine rings is 1. The van der Waals surface area contributed by atoms with Crippen molar-refractivity contribution >= 4 is 34.5 Å². The van der Waals surface area contributed by atoms with Gasteiger partial charge >= 0.3 is 0 Å². The van der Waals surface area contributed by atoms with Crippen LogP contribution in [0.4, 0.5) is 0 Å². The van der Waals surface area contributed by atoms with Gasteiger partial charge in [-0.2, -0.15) is 0 Å². The van der Waals surface area contributed by atoms with Crippen LogP contribution in [0.25, 0.3) is 10.9 Å². The third-order valence-electron chi connectivity index (χ3n) is 9.98. The van der Waals surface area contributed by atoms with Crippen molar-refractivity contribution in [1.29, 1.82) is 0 Å². The average Bonchev–Trinajstić information content (AvgIpc) is 3.10. The lowest BCUT2D eigenvalue weighted by Crippen LogP contribution is -2.59. The van der Waals surface area contributed by atoms with Gasteiger partial charge in [0.25, 0.3) is 5.91 Å². The summed E-state index contributed by atoms with van der Waals surface area (Å²) in [7, 11) is 0. The van der Waals surface area contributed by atoms with E-state index in [0.717, 1.165) is 43.1 Å². The molecule has 2 aliphatic rings. The zero-order chi connectivity index (χ0) is 34.8. The average molecular weight is 671 g/mol. The fourth-order valence-electron chi connectivity index (χ4n) is 7.37. The zero-order valence-corrected chi connectivity index (χ0v) is 28.4.